The molecular formula is C17H29Cl2N5O2S. The van der Waals surface area contributed by atoms with E-state index < -0.39 is 0 Å². The molecule has 10 heteroatoms. The maximum atomic E-state index is 12.5. The van der Waals surface area contributed by atoms with E-state index in [1.54, 1.807) is 16.2 Å². The summed E-state index contributed by atoms with van der Waals surface area (Å²) in [4.78, 5) is 32.9. The molecule has 2 atom stereocenters. The normalized spacial score (nSPS) is 22.4. The number of thiazole rings is 1. The Morgan fingerprint density at radius 2 is 1.96 bits per heavy atom. The summed E-state index contributed by atoms with van der Waals surface area (Å²) >= 11 is 1.64. The smallest absolute Gasteiger partial charge is 0.225 e. The predicted octanol–water partition coefficient (Wildman–Crippen LogP) is 1.79. The highest BCUT2D eigenvalue weighted by molar-refractivity contribution is 7.13. The molecular weight excluding hydrogens is 409 g/mol. The molecule has 3 N–H and O–H groups in total. The molecule has 0 aliphatic carbocycles. The summed E-state index contributed by atoms with van der Waals surface area (Å²) in [5.74, 6) is -0.241. The quantitative estimate of drug-likeness (QED) is 0.748. The lowest BCUT2D eigenvalue weighted by atomic mass is 10.0. The van der Waals surface area contributed by atoms with Crippen LogP contribution in [0, 0.1) is 5.92 Å². The lowest BCUT2D eigenvalue weighted by molar-refractivity contribution is -0.131. The molecule has 2 aliphatic rings. The largest absolute Gasteiger partial charge is 0.350 e. The van der Waals surface area contributed by atoms with Crippen LogP contribution in [0.2, 0.25) is 0 Å². The molecule has 0 spiro atoms. The molecule has 27 heavy (non-hydrogen) atoms. The predicted molar refractivity (Wildman–Crippen MR) is 113 cm³/mol. The second-order valence-electron chi connectivity index (χ2n) is 6.99. The average molecular weight is 438 g/mol. The van der Waals surface area contributed by atoms with Crippen molar-refractivity contribution in [1.29, 1.82) is 0 Å². The Bertz CT molecular complexity index is 624. The molecule has 154 valence electrons. The molecule has 2 saturated heterocycles. The van der Waals surface area contributed by atoms with Gasteiger partial charge in [-0.3, -0.25) is 9.59 Å². The standard InChI is InChI=1S/C17H27N5O2S.2ClH/c1-12(23)22-9-13(4-5-14(18)10-22)16(24)19-8-15-11-25-17(20-15)21-6-2-3-7-21;;/h11,13-14H,2-10,18H2,1H3,(H,19,24);2*1H/t13-,14+;;/m1../s1. The number of halogens is 2. The summed E-state index contributed by atoms with van der Waals surface area (Å²) in [6.07, 6.45) is 3.93. The van der Waals surface area contributed by atoms with Gasteiger partial charge in [-0.25, -0.2) is 4.98 Å². The zero-order valence-electron chi connectivity index (χ0n) is 15.6. The van der Waals surface area contributed by atoms with Gasteiger partial charge in [-0.05, 0) is 25.7 Å². The summed E-state index contributed by atoms with van der Waals surface area (Å²) in [6.45, 7) is 5.09. The van der Waals surface area contributed by atoms with Gasteiger partial charge in [0.25, 0.3) is 0 Å². The SMILES string of the molecule is CC(=O)N1C[C@@H](N)CC[C@@H](C(=O)NCc2csc(N3CCCC3)n2)C1.Cl.Cl. The molecule has 1 aromatic heterocycles. The number of nitrogens with one attached hydrogen (secondary N) is 1. The fraction of sp³-hybridized carbons (Fsp3) is 0.706. The first-order valence-corrected chi connectivity index (χ1v) is 9.89. The van der Waals surface area contributed by atoms with Gasteiger partial charge in [0.1, 0.15) is 0 Å². The zero-order chi connectivity index (χ0) is 17.8. The maximum Gasteiger partial charge on any atom is 0.225 e. The molecule has 2 fully saturated rings. The molecule has 2 amide bonds. The van der Waals surface area contributed by atoms with E-state index in [1.807, 2.05) is 5.38 Å². The van der Waals surface area contributed by atoms with E-state index in [0.29, 0.717) is 26.1 Å². The summed E-state index contributed by atoms with van der Waals surface area (Å²) < 4.78 is 0. The van der Waals surface area contributed by atoms with Gasteiger partial charge in [-0.1, -0.05) is 0 Å². The van der Waals surface area contributed by atoms with Crippen molar-refractivity contribution >= 4 is 53.1 Å². The minimum absolute atomic E-state index is 0. The molecule has 0 saturated carbocycles. The Morgan fingerprint density at radius 3 is 2.63 bits per heavy atom. The number of nitrogens with zero attached hydrogens (tertiary/aromatic N) is 3. The minimum Gasteiger partial charge on any atom is -0.350 e. The van der Waals surface area contributed by atoms with E-state index in [4.69, 9.17) is 5.73 Å². The Kier molecular flexibility index (Phi) is 9.80. The van der Waals surface area contributed by atoms with Crippen LogP contribution < -0.4 is 16.0 Å². The Balaban J connectivity index is 0.00000182. The number of amides is 2. The molecule has 0 radical (unpaired) electrons. The topological polar surface area (TPSA) is 91.6 Å². The lowest BCUT2D eigenvalue weighted by Gasteiger charge is -2.23. The van der Waals surface area contributed by atoms with E-state index in [1.165, 1.54) is 19.8 Å². The van der Waals surface area contributed by atoms with E-state index >= 15 is 0 Å². The Morgan fingerprint density at radius 1 is 1.26 bits per heavy atom. The van der Waals surface area contributed by atoms with Crippen molar-refractivity contribution in [3.05, 3.63) is 11.1 Å². The third-order valence-corrected chi connectivity index (χ3v) is 5.91. The molecule has 0 bridgehead atoms. The van der Waals surface area contributed by atoms with E-state index in [-0.39, 0.29) is 48.6 Å². The third kappa shape index (κ3) is 6.48. The van der Waals surface area contributed by atoms with Crippen LogP contribution in [0.15, 0.2) is 5.38 Å². The number of hydrogen-bond acceptors (Lipinski definition) is 6. The Hall–Kier alpha value is -1.09. The highest BCUT2D eigenvalue weighted by Gasteiger charge is 2.28. The first-order valence-electron chi connectivity index (χ1n) is 9.01. The molecule has 7 nitrogen and oxygen atoms in total. The van der Waals surface area contributed by atoms with Gasteiger partial charge in [0, 0.05) is 44.5 Å². The van der Waals surface area contributed by atoms with Crippen molar-refractivity contribution in [2.45, 2.75) is 45.2 Å². The second kappa shape index (κ2) is 11.0. The van der Waals surface area contributed by atoms with Gasteiger partial charge in [-0.15, -0.1) is 36.2 Å². The third-order valence-electron chi connectivity index (χ3n) is 4.96. The summed E-state index contributed by atoms with van der Waals surface area (Å²) in [5.41, 5.74) is 6.91. The number of nitrogens with two attached hydrogens (primary N) is 1. The van der Waals surface area contributed by atoms with E-state index in [9.17, 15) is 9.59 Å². The Labute approximate surface area is 176 Å². The number of rotatable bonds is 4. The highest BCUT2D eigenvalue weighted by Crippen LogP contribution is 2.24. The fourth-order valence-electron chi connectivity index (χ4n) is 3.45. The van der Waals surface area contributed by atoms with Crippen molar-refractivity contribution in [2.24, 2.45) is 11.7 Å². The number of aromatic nitrogens is 1. The van der Waals surface area contributed by atoms with Gasteiger partial charge < -0.3 is 20.9 Å². The van der Waals surface area contributed by atoms with Crippen LogP contribution in [0.1, 0.15) is 38.3 Å². The van der Waals surface area contributed by atoms with Crippen LogP contribution in [-0.2, 0) is 16.1 Å². The van der Waals surface area contributed by atoms with Gasteiger partial charge >= 0.3 is 0 Å². The van der Waals surface area contributed by atoms with E-state index in [2.05, 4.69) is 15.2 Å². The van der Waals surface area contributed by atoms with Crippen LogP contribution in [0.5, 0.6) is 0 Å². The first kappa shape index (κ1) is 23.9. The zero-order valence-corrected chi connectivity index (χ0v) is 18.0. The van der Waals surface area contributed by atoms with Gasteiger partial charge in [0.15, 0.2) is 5.13 Å². The second-order valence-corrected chi connectivity index (χ2v) is 7.83. The van der Waals surface area contributed by atoms with Crippen molar-refractivity contribution in [2.75, 3.05) is 31.1 Å². The van der Waals surface area contributed by atoms with Gasteiger partial charge in [0.2, 0.25) is 11.8 Å². The average Bonchev–Trinajstić information content (AvgIpc) is 3.22. The van der Waals surface area contributed by atoms with Crippen LogP contribution >= 0.6 is 36.2 Å². The minimum atomic E-state index is -0.200. The number of likely N-dealkylation sites (tertiary alicyclic amines) is 1. The van der Waals surface area contributed by atoms with Gasteiger partial charge in [0.05, 0.1) is 18.2 Å². The molecule has 1 aromatic rings. The maximum absolute atomic E-state index is 12.5. The van der Waals surface area contributed by atoms with Crippen LogP contribution in [0.3, 0.4) is 0 Å². The van der Waals surface area contributed by atoms with E-state index in [0.717, 1.165) is 30.3 Å². The molecule has 2 aliphatic heterocycles. The molecule has 3 rings (SSSR count). The van der Waals surface area contributed by atoms with Crippen molar-refractivity contribution in [3.8, 4) is 0 Å². The molecule has 0 unspecified atom stereocenters. The summed E-state index contributed by atoms with van der Waals surface area (Å²) in [5, 5.41) is 6.04. The van der Waals surface area contributed by atoms with Gasteiger partial charge in [-0.2, -0.15) is 0 Å². The van der Waals surface area contributed by atoms with Crippen molar-refractivity contribution in [1.82, 2.24) is 15.2 Å². The van der Waals surface area contributed by atoms with Crippen molar-refractivity contribution in [3.63, 3.8) is 0 Å². The lowest BCUT2D eigenvalue weighted by Crippen LogP contribution is -2.42. The number of hydrogen-bond donors (Lipinski definition) is 2. The number of carbonyl (C=O) groups excluding carboxylic acids is 2. The monoisotopic (exact) mass is 437 g/mol. The summed E-state index contributed by atoms with van der Waals surface area (Å²) in [6, 6.07) is -0.0525. The summed E-state index contributed by atoms with van der Waals surface area (Å²) in [7, 11) is 0. The van der Waals surface area contributed by atoms with Crippen molar-refractivity contribution < 1.29 is 9.59 Å². The van der Waals surface area contributed by atoms with Crippen LogP contribution in [0.25, 0.3) is 0 Å². The molecule has 3 heterocycles. The van der Waals surface area contributed by atoms with Crippen LogP contribution in [-0.4, -0.2) is 53.9 Å². The molecule has 0 aromatic carbocycles. The first-order chi connectivity index (χ1) is 12.0. The number of anilines is 1. The number of carbonyl (C=O) groups is 2. The van der Waals surface area contributed by atoms with Crippen LogP contribution in [0.4, 0.5) is 5.13 Å². The highest BCUT2D eigenvalue weighted by atomic mass is 35.5. The fourth-order valence-corrected chi connectivity index (χ4v) is 4.32.